The topological polar surface area (TPSA) is 80.8 Å². The number of amides is 1. The van der Waals surface area contributed by atoms with Gasteiger partial charge in [-0.2, -0.15) is 0 Å². The molecule has 7 nitrogen and oxygen atoms in total. The van der Waals surface area contributed by atoms with E-state index >= 15 is 0 Å². The van der Waals surface area contributed by atoms with E-state index in [1.54, 1.807) is 25.3 Å². The van der Waals surface area contributed by atoms with Gasteiger partial charge in [0.1, 0.15) is 11.6 Å². The molecule has 1 aromatic heterocycles. The van der Waals surface area contributed by atoms with Gasteiger partial charge >= 0.3 is 6.09 Å². The fourth-order valence-corrected chi connectivity index (χ4v) is 5.05. The number of rotatable bonds is 4. The first-order valence-corrected chi connectivity index (χ1v) is 12.3. The maximum Gasteiger partial charge on any atom is 0.409 e. The predicted molar refractivity (Wildman–Crippen MR) is 138 cm³/mol. The van der Waals surface area contributed by atoms with E-state index in [9.17, 15) is 9.18 Å². The first kappa shape index (κ1) is 24.9. The first-order valence-electron chi connectivity index (χ1n) is 12.3. The van der Waals surface area contributed by atoms with Crippen LogP contribution < -0.4 is 15.0 Å². The molecule has 0 atom stereocenters. The molecule has 2 aromatic carbocycles. The Hall–Kier alpha value is -3.26. The number of methoxy groups -OCH3 is 1. The number of anilines is 2. The van der Waals surface area contributed by atoms with Crippen LogP contribution in [0.25, 0.3) is 10.9 Å². The minimum Gasteiger partial charge on any atom is -0.495 e. The zero-order valence-corrected chi connectivity index (χ0v) is 20.5. The fourth-order valence-electron chi connectivity index (χ4n) is 5.05. The standard InChI is InChI=1S/C14H16FN.C13H19N3O3/c15-11-6-7-14-12(8-11)13(9-16-14)10-4-2-1-3-5-10;1-15-5-7-16(8-6-15)11-9-10(14-13(17)18)3-4-12(11)19-2/h6-10,16H,1-5H2;3-4,9,14H,5-8H2,1-2H3,(H,17,18). The number of fused-ring (bicyclic) bond motifs is 1. The summed E-state index contributed by atoms with van der Waals surface area (Å²) < 4.78 is 18.6. The third kappa shape index (κ3) is 6.25. The number of hydrogen-bond acceptors (Lipinski definition) is 4. The number of carbonyl (C=O) groups is 1. The van der Waals surface area contributed by atoms with Gasteiger partial charge in [0, 0.05) is 49.0 Å². The van der Waals surface area contributed by atoms with Crippen LogP contribution in [0.15, 0.2) is 42.6 Å². The maximum atomic E-state index is 13.2. The van der Waals surface area contributed by atoms with Crippen molar-refractivity contribution in [2.75, 3.05) is 50.6 Å². The van der Waals surface area contributed by atoms with E-state index in [1.165, 1.54) is 43.7 Å². The van der Waals surface area contributed by atoms with Crippen LogP contribution in [0.5, 0.6) is 5.75 Å². The van der Waals surface area contributed by atoms with E-state index in [0.29, 0.717) is 11.6 Å². The van der Waals surface area contributed by atoms with Crippen LogP contribution in [0.1, 0.15) is 43.6 Å². The minimum atomic E-state index is -1.06. The van der Waals surface area contributed by atoms with Crippen molar-refractivity contribution in [1.29, 1.82) is 0 Å². The lowest BCUT2D eigenvalue weighted by molar-refractivity contribution is 0.209. The molecule has 0 spiro atoms. The highest BCUT2D eigenvalue weighted by Crippen LogP contribution is 2.36. The molecule has 2 fully saturated rings. The number of H-pyrrole nitrogens is 1. The molecule has 0 bridgehead atoms. The molecule has 8 heteroatoms. The lowest BCUT2D eigenvalue weighted by atomic mass is 9.84. The highest BCUT2D eigenvalue weighted by molar-refractivity contribution is 5.85. The zero-order chi connectivity index (χ0) is 24.8. The van der Waals surface area contributed by atoms with Gasteiger partial charge in [-0.3, -0.25) is 5.32 Å². The van der Waals surface area contributed by atoms with Crippen molar-refractivity contribution in [3.05, 3.63) is 54.0 Å². The molecular formula is C27H35FN4O3. The molecule has 0 radical (unpaired) electrons. The Labute approximate surface area is 205 Å². The maximum absolute atomic E-state index is 13.2. The van der Waals surface area contributed by atoms with E-state index < -0.39 is 6.09 Å². The van der Waals surface area contributed by atoms with Crippen LogP contribution in [0.4, 0.5) is 20.6 Å². The van der Waals surface area contributed by atoms with Crippen LogP contribution in [0.3, 0.4) is 0 Å². The summed E-state index contributed by atoms with van der Waals surface area (Å²) in [5.41, 5.74) is 3.86. The highest BCUT2D eigenvalue weighted by Gasteiger charge is 2.19. The molecule has 1 aliphatic carbocycles. The Bertz CT molecular complexity index is 1130. The number of nitrogens with one attached hydrogen (secondary N) is 2. The van der Waals surface area contributed by atoms with Crippen LogP contribution in [-0.2, 0) is 0 Å². The molecule has 2 heterocycles. The molecule has 1 aliphatic heterocycles. The van der Waals surface area contributed by atoms with Crippen LogP contribution in [0.2, 0.25) is 0 Å². The van der Waals surface area contributed by atoms with E-state index in [2.05, 4.69) is 33.3 Å². The van der Waals surface area contributed by atoms with Crippen LogP contribution >= 0.6 is 0 Å². The largest absolute Gasteiger partial charge is 0.495 e. The molecule has 3 N–H and O–H groups in total. The monoisotopic (exact) mass is 482 g/mol. The number of likely N-dealkylation sites (N-methyl/N-ethyl adjacent to an activating group) is 1. The predicted octanol–water partition coefficient (Wildman–Crippen LogP) is 5.89. The van der Waals surface area contributed by atoms with Crippen molar-refractivity contribution < 1.29 is 19.0 Å². The van der Waals surface area contributed by atoms with Crippen molar-refractivity contribution >= 4 is 28.4 Å². The van der Waals surface area contributed by atoms with E-state index in [0.717, 1.165) is 48.5 Å². The molecule has 0 unspecified atom stereocenters. The summed E-state index contributed by atoms with van der Waals surface area (Å²) in [7, 11) is 3.72. The zero-order valence-electron chi connectivity index (χ0n) is 20.5. The highest BCUT2D eigenvalue weighted by atomic mass is 19.1. The number of aromatic amines is 1. The second-order valence-electron chi connectivity index (χ2n) is 9.38. The summed E-state index contributed by atoms with van der Waals surface area (Å²) >= 11 is 0. The fraction of sp³-hybridized carbons (Fsp3) is 0.444. The van der Waals surface area contributed by atoms with Gasteiger partial charge in [0.15, 0.2) is 0 Å². The van der Waals surface area contributed by atoms with Crippen LogP contribution in [0, 0.1) is 5.82 Å². The number of aromatic nitrogens is 1. The van der Waals surface area contributed by atoms with Gasteiger partial charge in [-0.25, -0.2) is 9.18 Å². The smallest absolute Gasteiger partial charge is 0.409 e. The Kier molecular flexibility index (Phi) is 8.13. The molecule has 188 valence electrons. The number of benzene rings is 2. The summed E-state index contributed by atoms with van der Waals surface area (Å²) in [5.74, 6) is 1.26. The molecular weight excluding hydrogens is 447 g/mol. The van der Waals surface area contributed by atoms with Gasteiger partial charge in [0.25, 0.3) is 0 Å². The summed E-state index contributed by atoms with van der Waals surface area (Å²) in [5, 5.41) is 12.2. The molecule has 2 aliphatic rings. The van der Waals surface area contributed by atoms with Crippen molar-refractivity contribution in [1.82, 2.24) is 9.88 Å². The molecule has 1 saturated heterocycles. The Morgan fingerprint density at radius 1 is 1.09 bits per heavy atom. The van der Waals surface area contributed by atoms with Crippen molar-refractivity contribution in [2.45, 2.75) is 38.0 Å². The van der Waals surface area contributed by atoms with Gasteiger partial charge in [0.05, 0.1) is 12.8 Å². The summed E-state index contributed by atoms with van der Waals surface area (Å²) in [4.78, 5) is 18.4. The Balaban J connectivity index is 0.000000167. The molecule has 1 amide bonds. The van der Waals surface area contributed by atoms with E-state index in [1.807, 2.05) is 12.1 Å². The first-order chi connectivity index (χ1) is 16.9. The number of hydrogen-bond donors (Lipinski definition) is 3. The quantitative estimate of drug-likeness (QED) is 0.432. The Morgan fingerprint density at radius 3 is 2.51 bits per heavy atom. The summed E-state index contributed by atoms with van der Waals surface area (Å²) in [6.07, 6.45) is 7.49. The number of nitrogens with zero attached hydrogens (tertiary/aromatic N) is 2. The number of ether oxygens (including phenoxy) is 1. The number of carboxylic acid groups (broad SMARTS) is 1. The lowest BCUT2D eigenvalue weighted by Crippen LogP contribution is -2.44. The normalized spacial score (nSPS) is 17.1. The van der Waals surface area contributed by atoms with Gasteiger partial charge in [-0.1, -0.05) is 19.3 Å². The molecule has 1 saturated carbocycles. The molecule has 5 rings (SSSR count). The van der Waals surface area contributed by atoms with Crippen molar-refractivity contribution in [3.63, 3.8) is 0 Å². The summed E-state index contributed by atoms with van der Waals surface area (Å²) in [6.45, 7) is 3.78. The minimum absolute atomic E-state index is 0.135. The average molecular weight is 483 g/mol. The second-order valence-corrected chi connectivity index (χ2v) is 9.38. The summed E-state index contributed by atoms with van der Waals surface area (Å²) in [6, 6.07) is 10.3. The number of halogens is 1. The third-order valence-corrected chi connectivity index (χ3v) is 6.99. The van der Waals surface area contributed by atoms with Gasteiger partial charge in [-0.05, 0) is 67.8 Å². The van der Waals surface area contributed by atoms with E-state index in [4.69, 9.17) is 9.84 Å². The number of piperazine rings is 1. The van der Waals surface area contributed by atoms with Gasteiger partial charge in [-0.15, -0.1) is 0 Å². The van der Waals surface area contributed by atoms with Gasteiger partial charge < -0.3 is 24.6 Å². The SMILES string of the molecule is COc1ccc(NC(=O)O)cc1N1CCN(C)CC1.Fc1ccc2[nH]cc(C3CCCCC3)c2c1. The lowest BCUT2D eigenvalue weighted by Gasteiger charge is -2.34. The van der Waals surface area contributed by atoms with E-state index in [-0.39, 0.29) is 5.82 Å². The van der Waals surface area contributed by atoms with Crippen molar-refractivity contribution in [2.24, 2.45) is 0 Å². The Morgan fingerprint density at radius 2 is 1.83 bits per heavy atom. The third-order valence-electron chi connectivity index (χ3n) is 6.99. The average Bonchev–Trinajstić information content (AvgIpc) is 3.28. The molecule has 3 aromatic rings. The second kappa shape index (κ2) is 11.4. The van der Waals surface area contributed by atoms with Crippen LogP contribution in [-0.4, -0.2) is 61.4 Å². The molecule has 35 heavy (non-hydrogen) atoms. The van der Waals surface area contributed by atoms with Gasteiger partial charge in [0.2, 0.25) is 0 Å². The van der Waals surface area contributed by atoms with Crippen molar-refractivity contribution in [3.8, 4) is 5.75 Å².